The average molecular weight is 233 g/mol. The van der Waals surface area contributed by atoms with E-state index in [9.17, 15) is 4.79 Å². The van der Waals surface area contributed by atoms with Crippen molar-refractivity contribution >= 4 is 5.97 Å². The molecule has 1 fully saturated rings. The number of rotatable bonds is 3. The first kappa shape index (κ1) is 12.1. The molecule has 1 heterocycles. The van der Waals surface area contributed by atoms with E-state index in [1.165, 1.54) is 5.56 Å². The summed E-state index contributed by atoms with van der Waals surface area (Å²) >= 11 is 0. The van der Waals surface area contributed by atoms with Crippen LogP contribution < -0.4 is 5.32 Å². The van der Waals surface area contributed by atoms with E-state index < -0.39 is 0 Å². The highest BCUT2D eigenvalue weighted by molar-refractivity contribution is 5.72. The van der Waals surface area contributed by atoms with Crippen LogP contribution in [0.2, 0.25) is 0 Å². The second-order valence-electron chi connectivity index (χ2n) is 4.40. The third-order valence-corrected chi connectivity index (χ3v) is 3.24. The molecule has 1 saturated heterocycles. The standard InChI is InChI=1S/C14H19NO2/c1-2-17-14(16)12-8-9-13(15-10-12)11-6-4-3-5-7-11/h3-7,12-13,15H,2,8-10H2,1H3/t12-,13-/m1/s1. The molecule has 1 aliphatic rings. The number of carbonyl (C=O) groups excluding carboxylic acids is 1. The van der Waals surface area contributed by atoms with Crippen LogP contribution in [0.25, 0.3) is 0 Å². The van der Waals surface area contributed by atoms with Crippen LogP contribution in [0.15, 0.2) is 30.3 Å². The molecule has 0 amide bonds. The predicted octanol–water partition coefficient (Wildman–Crippen LogP) is 2.29. The molecule has 0 aromatic heterocycles. The molecule has 0 radical (unpaired) electrons. The minimum atomic E-state index is -0.0634. The molecule has 1 aromatic carbocycles. The van der Waals surface area contributed by atoms with Gasteiger partial charge in [0.15, 0.2) is 0 Å². The molecule has 1 aromatic rings. The van der Waals surface area contributed by atoms with Gasteiger partial charge < -0.3 is 10.1 Å². The van der Waals surface area contributed by atoms with Gasteiger partial charge in [0.25, 0.3) is 0 Å². The van der Waals surface area contributed by atoms with Gasteiger partial charge in [-0.2, -0.15) is 0 Å². The smallest absolute Gasteiger partial charge is 0.310 e. The van der Waals surface area contributed by atoms with Crippen molar-refractivity contribution in [2.75, 3.05) is 13.2 Å². The van der Waals surface area contributed by atoms with Gasteiger partial charge in [0.2, 0.25) is 0 Å². The Morgan fingerprint density at radius 1 is 1.35 bits per heavy atom. The van der Waals surface area contributed by atoms with Crippen molar-refractivity contribution in [2.24, 2.45) is 5.92 Å². The van der Waals surface area contributed by atoms with E-state index >= 15 is 0 Å². The second kappa shape index (κ2) is 5.82. The van der Waals surface area contributed by atoms with Crippen LogP contribution in [0.1, 0.15) is 31.4 Å². The summed E-state index contributed by atoms with van der Waals surface area (Å²) in [5.74, 6) is -0.0403. The molecular weight excluding hydrogens is 214 g/mol. The number of hydrogen-bond acceptors (Lipinski definition) is 3. The van der Waals surface area contributed by atoms with Crippen molar-refractivity contribution in [3.8, 4) is 0 Å². The summed E-state index contributed by atoms with van der Waals surface area (Å²) in [7, 11) is 0. The molecule has 3 heteroatoms. The lowest BCUT2D eigenvalue weighted by Crippen LogP contribution is -2.37. The van der Waals surface area contributed by atoms with Gasteiger partial charge in [0, 0.05) is 12.6 Å². The van der Waals surface area contributed by atoms with Crippen LogP contribution in [0.5, 0.6) is 0 Å². The molecule has 2 atom stereocenters. The quantitative estimate of drug-likeness (QED) is 0.814. The molecule has 0 unspecified atom stereocenters. The highest BCUT2D eigenvalue weighted by Crippen LogP contribution is 2.26. The first-order valence-electron chi connectivity index (χ1n) is 6.26. The molecule has 0 aliphatic carbocycles. The van der Waals surface area contributed by atoms with Crippen molar-refractivity contribution in [3.05, 3.63) is 35.9 Å². The van der Waals surface area contributed by atoms with Gasteiger partial charge >= 0.3 is 5.97 Å². The van der Waals surface area contributed by atoms with Crippen molar-refractivity contribution in [1.29, 1.82) is 0 Å². The van der Waals surface area contributed by atoms with Crippen molar-refractivity contribution in [3.63, 3.8) is 0 Å². The fraction of sp³-hybridized carbons (Fsp3) is 0.500. The monoisotopic (exact) mass is 233 g/mol. The van der Waals surface area contributed by atoms with E-state index in [2.05, 4.69) is 29.6 Å². The molecule has 17 heavy (non-hydrogen) atoms. The zero-order valence-corrected chi connectivity index (χ0v) is 10.2. The summed E-state index contributed by atoms with van der Waals surface area (Å²) in [5, 5.41) is 3.42. The van der Waals surface area contributed by atoms with Gasteiger partial charge in [0.05, 0.1) is 12.5 Å². The highest BCUT2D eigenvalue weighted by Gasteiger charge is 2.27. The Bertz CT molecular complexity index is 356. The molecule has 3 nitrogen and oxygen atoms in total. The summed E-state index contributed by atoms with van der Waals surface area (Å²) in [6.45, 7) is 3.04. The van der Waals surface area contributed by atoms with Crippen molar-refractivity contribution in [2.45, 2.75) is 25.8 Å². The summed E-state index contributed by atoms with van der Waals surface area (Å²) in [4.78, 5) is 11.6. The Balaban J connectivity index is 1.88. The maximum Gasteiger partial charge on any atom is 0.310 e. The lowest BCUT2D eigenvalue weighted by molar-refractivity contribution is -0.148. The lowest BCUT2D eigenvalue weighted by atomic mass is 9.91. The van der Waals surface area contributed by atoms with Gasteiger partial charge in [-0.25, -0.2) is 0 Å². The van der Waals surface area contributed by atoms with Crippen molar-refractivity contribution < 1.29 is 9.53 Å². The highest BCUT2D eigenvalue weighted by atomic mass is 16.5. The van der Waals surface area contributed by atoms with E-state index in [1.54, 1.807) is 0 Å². The van der Waals surface area contributed by atoms with E-state index in [4.69, 9.17) is 4.74 Å². The normalized spacial score (nSPS) is 24.3. The number of ether oxygens (including phenoxy) is 1. The fourth-order valence-corrected chi connectivity index (χ4v) is 2.29. The Labute approximate surface area is 102 Å². The van der Waals surface area contributed by atoms with Gasteiger partial charge in [-0.15, -0.1) is 0 Å². The lowest BCUT2D eigenvalue weighted by Gasteiger charge is -2.28. The van der Waals surface area contributed by atoms with Gasteiger partial charge in [-0.1, -0.05) is 30.3 Å². The van der Waals surface area contributed by atoms with E-state index in [0.29, 0.717) is 12.6 Å². The minimum Gasteiger partial charge on any atom is -0.466 e. The Morgan fingerprint density at radius 3 is 2.71 bits per heavy atom. The topological polar surface area (TPSA) is 38.3 Å². The van der Waals surface area contributed by atoms with Gasteiger partial charge in [-0.05, 0) is 25.3 Å². The summed E-state index contributed by atoms with van der Waals surface area (Å²) in [6.07, 6.45) is 1.90. The third-order valence-electron chi connectivity index (χ3n) is 3.24. The maximum absolute atomic E-state index is 11.6. The molecule has 1 aliphatic heterocycles. The zero-order chi connectivity index (χ0) is 12.1. The average Bonchev–Trinajstić information content (AvgIpc) is 2.40. The summed E-state index contributed by atoms with van der Waals surface area (Å²) in [6, 6.07) is 10.8. The van der Waals surface area contributed by atoms with Gasteiger partial charge in [-0.3, -0.25) is 4.79 Å². The van der Waals surface area contributed by atoms with E-state index in [-0.39, 0.29) is 11.9 Å². The van der Waals surface area contributed by atoms with Crippen LogP contribution in [-0.2, 0) is 9.53 Å². The van der Waals surface area contributed by atoms with Crippen molar-refractivity contribution in [1.82, 2.24) is 5.32 Å². The molecule has 92 valence electrons. The van der Waals surface area contributed by atoms with Crippen LogP contribution >= 0.6 is 0 Å². The molecular formula is C14H19NO2. The summed E-state index contributed by atoms with van der Waals surface area (Å²) < 4.78 is 5.04. The molecule has 1 N–H and O–H groups in total. The largest absolute Gasteiger partial charge is 0.466 e. The second-order valence-corrected chi connectivity index (χ2v) is 4.40. The number of piperidine rings is 1. The molecule has 0 saturated carbocycles. The van der Waals surface area contributed by atoms with Crippen LogP contribution in [-0.4, -0.2) is 19.1 Å². The van der Waals surface area contributed by atoms with Crippen LogP contribution in [0.4, 0.5) is 0 Å². The minimum absolute atomic E-state index is 0.0231. The predicted molar refractivity (Wildman–Crippen MR) is 66.5 cm³/mol. The Hall–Kier alpha value is -1.35. The number of carbonyl (C=O) groups is 1. The number of hydrogen-bond donors (Lipinski definition) is 1. The van der Waals surface area contributed by atoms with Crippen LogP contribution in [0.3, 0.4) is 0 Å². The van der Waals surface area contributed by atoms with E-state index in [1.807, 2.05) is 13.0 Å². The number of nitrogens with one attached hydrogen (secondary N) is 1. The fourth-order valence-electron chi connectivity index (χ4n) is 2.29. The number of esters is 1. The Kier molecular flexibility index (Phi) is 4.15. The third kappa shape index (κ3) is 3.07. The van der Waals surface area contributed by atoms with Gasteiger partial charge in [0.1, 0.15) is 0 Å². The zero-order valence-electron chi connectivity index (χ0n) is 10.2. The first-order valence-corrected chi connectivity index (χ1v) is 6.26. The molecule has 2 rings (SSSR count). The molecule has 0 bridgehead atoms. The number of benzene rings is 1. The SMILES string of the molecule is CCOC(=O)[C@@H]1CC[C@H](c2ccccc2)NC1. The van der Waals surface area contributed by atoms with E-state index in [0.717, 1.165) is 19.4 Å². The first-order chi connectivity index (χ1) is 8.31. The summed E-state index contributed by atoms with van der Waals surface area (Å²) in [5.41, 5.74) is 1.30. The maximum atomic E-state index is 11.6. The molecule has 0 spiro atoms. The van der Waals surface area contributed by atoms with Crippen LogP contribution in [0, 0.1) is 5.92 Å². The Morgan fingerprint density at radius 2 is 2.12 bits per heavy atom.